The van der Waals surface area contributed by atoms with Crippen molar-refractivity contribution in [2.24, 2.45) is 5.92 Å². The maximum Gasteiger partial charge on any atom is 0.243 e. The first-order valence-corrected chi connectivity index (χ1v) is 12.4. The van der Waals surface area contributed by atoms with Crippen molar-refractivity contribution >= 4 is 11.8 Å². The summed E-state index contributed by atoms with van der Waals surface area (Å²) in [4.78, 5) is 29.1. The number of amides is 2. The topological polar surface area (TPSA) is 49.4 Å². The van der Waals surface area contributed by atoms with Crippen molar-refractivity contribution in [3.63, 3.8) is 0 Å². The Morgan fingerprint density at radius 2 is 1.40 bits per heavy atom. The molecule has 1 atom stereocenters. The summed E-state index contributed by atoms with van der Waals surface area (Å²) < 4.78 is 0. The van der Waals surface area contributed by atoms with Crippen LogP contribution in [0.2, 0.25) is 0 Å². The highest BCUT2D eigenvalue weighted by atomic mass is 16.2. The summed E-state index contributed by atoms with van der Waals surface area (Å²) in [5, 5.41) is 3.08. The van der Waals surface area contributed by atoms with E-state index < -0.39 is 6.04 Å². The average Bonchev–Trinajstić information content (AvgIpc) is 2.81. The summed E-state index contributed by atoms with van der Waals surface area (Å²) in [7, 11) is 0. The predicted octanol–water partition coefficient (Wildman–Crippen LogP) is 5.57. The monoisotopic (exact) mass is 470 g/mol. The van der Waals surface area contributed by atoms with Gasteiger partial charge in [-0.15, -0.1) is 0 Å². The first kappa shape index (κ1) is 26.2. The normalized spacial score (nSPS) is 11.8. The molecule has 0 spiro atoms. The molecule has 35 heavy (non-hydrogen) atoms. The molecule has 0 bridgehead atoms. The summed E-state index contributed by atoms with van der Waals surface area (Å²) in [5.41, 5.74) is 6.45. The molecule has 0 aliphatic rings. The molecule has 0 aliphatic heterocycles. The quantitative estimate of drug-likeness (QED) is 0.421. The Hall–Kier alpha value is -3.40. The highest BCUT2D eigenvalue weighted by Gasteiger charge is 2.30. The Bertz CT molecular complexity index is 1100. The van der Waals surface area contributed by atoms with Gasteiger partial charge in [0.2, 0.25) is 11.8 Å². The molecular weight excluding hydrogens is 432 g/mol. The van der Waals surface area contributed by atoms with E-state index in [2.05, 4.69) is 37.4 Å². The van der Waals surface area contributed by atoms with Crippen molar-refractivity contribution < 1.29 is 9.59 Å². The van der Waals surface area contributed by atoms with Gasteiger partial charge in [0.1, 0.15) is 6.04 Å². The number of nitrogens with one attached hydrogen (secondary N) is 1. The fourth-order valence-corrected chi connectivity index (χ4v) is 4.31. The zero-order valence-corrected chi connectivity index (χ0v) is 21.7. The Balaban J connectivity index is 1.96. The number of rotatable bonds is 10. The minimum atomic E-state index is -0.601. The smallest absolute Gasteiger partial charge is 0.243 e. The molecule has 0 aliphatic carbocycles. The van der Waals surface area contributed by atoms with E-state index in [1.54, 1.807) is 4.90 Å². The van der Waals surface area contributed by atoms with Crippen molar-refractivity contribution in [2.75, 3.05) is 6.54 Å². The number of carbonyl (C=O) groups excluding carboxylic acids is 2. The SMILES string of the molecule is Cc1ccc(CN(C(=O)Cc2cc(C)cc(C)c2)[C@@H](Cc2ccccc2)C(=O)NCC(C)C)cc1. The van der Waals surface area contributed by atoms with Gasteiger partial charge in [-0.2, -0.15) is 0 Å². The summed E-state index contributed by atoms with van der Waals surface area (Å²) in [6, 6.07) is 23.7. The number of benzene rings is 3. The third-order valence-corrected chi connectivity index (χ3v) is 6.07. The van der Waals surface area contributed by atoms with E-state index in [9.17, 15) is 9.59 Å². The molecule has 2 amide bonds. The lowest BCUT2D eigenvalue weighted by molar-refractivity contribution is -0.140. The van der Waals surface area contributed by atoms with Gasteiger partial charge in [-0.3, -0.25) is 9.59 Å². The Morgan fingerprint density at radius 1 is 0.771 bits per heavy atom. The summed E-state index contributed by atoms with van der Waals surface area (Å²) in [5.74, 6) is 0.174. The van der Waals surface area contributed by atoms with Gasteiger partial charge >= 0.3 is 0 Å². The van der Waals surface area contributed by atoms with E-state index in [0.717, 1.165) is 33.4 Å². The minimum absolute atomic E-state index is 0.0452. The van der Waals surface area contributed by atoms with E-state index in [-0.39, 0.29) is 18.2 Å². The third kappa shape index (κ3) is 8.10. The van der Waals surface area contributed by atoms with E-state index in [1.165, 1.54) is 0 Å². The van der Waals surface area contributed by atoms with Crippen LogP contribution in [0.25, 0.3) is 0 Å². The molecule has 0 saturated heterocycles. The molecule has 184 valence electrons. The van der Waals surface area contributed by atoms with Crippen LogP contribution in [0.4, 0.5) is 0 Å². The van der Waals surface area contributed by atoms with Crippen LogP contribution in [0.5, 0.6) is 0 Å². The molecule has 3 aromatic carbocycles. The molecule has 4 nitrogen and oxygen atoms in total. The first-order valence-electron chi connectivity index (χ1n) is 12.4. The van der Waals surface area contributed by atoms with Crippen LogP contribution in [0.15, 0.2) is 72.8 Å². The number of hydrogen-bond acceptors (Lipinski definition) is 2. The number of aryl methyl sites for hydroxylation is 3. The van der Waals surface area contributed by atoms with Gasteiger partial charge < -0.3 is 10.2 Å². The van der Waals surface area contributed by atoms with Crippen LogP contribution in [0.3, 0.4) is 0 Å². The molecule has 0 aromatic heterocycles. The van der Waals surface area contributed by atoms with E-state index in [0.29, 0.717) is 25.4 Å². The van der Waals surface area contributed by atoms with Gasteiger partial charge in [-0.1, -0.05) is 103 Å². The first-order chi connectivity index (χ1) is 16.7. The fourth-order valence-electron chi connectivity index (χ4n) is 4.31. The Kier molecular flexibility index (Phi) is 9.25. The Morgan fingerprint density at radius 3 is 2.00 bits per heavy atom. The van der Waals surface area contributed by atoms with E-state index >= 15 is 0 Å². The number of hydrogen-bond donors (Lipinski definition) is 1. The van der Waals surface area contributed by atoms with Gasteiger partial charge in [0.05, 0.1) is 6.42 Å². The van der Waals surface area contributed by atoms with Crippen LogP contribution in [0, 0.1) is 26.7 Å². The van der Waals surface area contributed by atoms with Crippen LogP contribution in [0.1, 0.15) is 47.2 Å². The average molecular weight is 471 g/mol. The lowest BCUT2D eigenvalue weighted by Gasteiger charge is -2.32. The predicted molar refractivity (Wildman–Crippen MR) is 143 cm³/mol. The summed E-state index contributed by atoms with van der Waals surface area (Å²) >= 11 is 0. The summed E-state index contributed by atoms with van der Waals surface area (Å²) in [6.07, 6.45) is 0.729. The molecule has 4 heteroatoms. The maximum atomic E-state index is 13.8. The molecule has 0 fully saturated rings. The van der Waals surface area contributed by atoms with Gasteiger partial charge in [-0.05, 0) is 43.4 Å². The van der Waals surface area contributed by atoms with Crippen LogP contribution < -0.4 is 5.32 Å². The molecular formula is C31H38N2O2. The van der Waals surface area contributed by atoms with Crippen molar-refractivity contribution in [2.45, 2.75) is 60.0 Å². The third-order valence-electron chi connectivity index (χ3n) is 6.07. The fraction of sp³-hybridized carbons (Fsp3) is 0.355. The van der Waals surface area contributed by atoms with Gasteiger partial charge in [0.15, 0.2) is 0 Å². The molecule has 3 rings (SSSR count). The van der Waals surface area contributed by atoms with Gasteiger partial charge in [0, 0.05) is 19.5 Å². The molecule has 0 unspecified atom stereocenters. The van der Waals surface area contributed by atoms with Crippen molar-refractivity contribution in [1.82, 2.24) is 10.2 Å². The highest BCUT2D eigenvalue weighted by Crippen LogP contribution is 2.18. The molecule has 1 N–H and O–H groups in total. The van der Waals surface area contributed by atoms with E-state index in [4.69, 9.17) is 0 Å². The molecule has 0 heterocycles. The van der Waals surface area contributed by atoms with Crippen LogP contribution >= 0.6 is 0 Å². The lowest BCUT2D eigenvalue weighted by Crippen LogP contribution is -2.51. The Labute approximate surface area is 210 Å². The highest BCUT2D eigenvalue weighted by molar-refractivity contribution is 5.88. The number of carbonyl (C=O) groups is 2. The number of nitrogens with zero attached hydrogens (tertiary/aromatic N) is 1. The lowest BCUT2D eigenvalue weighted by atomic mass is 10.00. The van der Waals surface area contributed by atoms with Crippen LogP contribution in [-0.2, 0) is 29.0 Å². The standard InChI is InChI=1S/C31H38N2O2/c1-22(2)20-32-31(35)29(18-26-9-7-6-8-10-26)33(21-27-13-11-23(3)12-14-27)30(34)19-28-16-24(4)15-25(5)17-28/h6-17,22,29H,18-21H2,1-5H3,(H,32,35)/t29-/m0/s1. The van der Waals surface area contributed by atoms with Crippen molar-refractivity contribution in [3.8, 4) is 0 Å². The van der Waals surface area contributed by atoms with E-state index in [1.807, 2.05) is 75.4 Å². The zero-order valence-electron chi connectivity index (χ0n) is 21.7. The molecule has 3 aromatic rings. The van der Waals surface area contributed by atoms with Gasteiger partial charge in [-0.25, -0.2) is 0 Å². The maximum absolute atomic E-state index is 13.8. The minimum Gasteiger partial charge on any atom is -0.354 e. The largest absolute Gasteiger partial charge is 0.354 e. The second-order valence-corrected chi connectivity index (χ2v) is 10.0. The molecule has 0 radical (unpaired) electrons. The second kappa shape index (κ2) is 12.3. The van der Waals surface area contributed by atoms with Crippen molar-refractivity contribution in [3.05, 3.63) is 106 Å². The molecule has 0 saturated carbocycles. The zero-order chi connectivity index (χ0) is 25.4. The van der Waals surface area contributed by atoms with Crippen LogP contribution in [-0.4, -0.2) is 29.3 Å². The van der Waals surface area contributed by atoms with Crippen molar-refractivity contribution in [1.29, 1.82) is 0 Å². The van der Waals surface area contributed by atoms with Gasteiger partial charge in [0.25, 0.3) is 0 Å². The second-order valence-electron chi connectivity index (χ2n) is 10.0. The summed E-state index contributed by atoms with van der Waals surface area (Å²) in [6.45, 7) is 11.2.